The van der Waals surface area contributed by atoms with Crippen molar-refractivity contribution < 1.29 is 4.74 Å². The molecular formula is C14H25N3O. The smallest absolute Gasteiger partial charge is 0.162 e. The average Bonchev–Trinajstić information content (AvgIpc) is 2.30. The van der Waals surface area contributed by atoms with Gasteiger partial charge in [-0.2, -0.15) is 0 Å². The second-order valence-electron chi connectivity index (χ2n) is 5.11. The normalized spacial score (nSPS) is 12.1. The van der Waals surface area contributed by atoms with Crippen LogP contribution in [0.15, 0.2) is 6.07 Å². The van der Waals surface area contributed by atoms with E-state index in [1.165, 1.54) is 0 Å². The molecule has 0 aliphatic heterocycles. The van der Waals surface area contributed by atoms with E-state index < -0.39 is 5.60 Å². The summed E-state index contributed by atoms with van der Waals surface area (Å²) in [7, 11) is 1.71. The van der Waals surface area contributed by atoms with E-state index in [1.54, 1.807) is 7.11 Å². The van der Waals surface area contributed by atoms with E-state index in [4.69, 9.17) is 10.5 Å². The summed E-state index contributed by atoms with van der Waals surface area (Å²) >= 11 is 0. The van der Waals surface area contributed by atoms with Crippen molar-refractivity contribution in [2.24, 2.45) is 5.92 Å². The monoisotopic (exact) mass is 251 g/mol. The third-order valence-corrected chi connectivity index (χ3v) is 3.36. The molecule has 0 aliphatic rings. The van der Waals surface area contributed by atoms with Gasteiger partial charge in [-0.05, 0) is 25.2 Å². The van der Waals surface area contributed by atoms with Crippen molar-refractivity contribution in [2.75, 3.05) is 12.8 Å². The SMILES string of the molecule is CCC(CC)(OC)c1nc(N)cc(CC(C)C)n1. The quantitative estimate of drug-likeness (QED) is 0.844. The minimum Gasteiger partial charge on any atom is -0.384 e. The summed E-state index contributed by atoms with van der Waals surface area (Å²) in [5.74, 6) is 1.79. The highest BCUT2D eigenvalue weighted by Gasteiger charge is 2.31. The van der Waals surface area contributed by atoms with E-state index in [-0.39, 0.29) is 0 Å². The van der Waals surface area contributed by atoms with E-state index in [0.29, 0.717) is 17.6 Å². The van der Waals surface area contributed by atoms with Gasteiger partial charge in [-0.1, -0.05) is 27.7 Å². The lowest BCUT2D eigenvalue weighted by atomic mass is 9.95. The van der Waals surface area contributed by atoms with Gasteiger partial charge in [0.1, 0.15) is 11.4 Å². The zero-order valence-electron chi connectivity index (χ0n) is 12.2. The zero-order chi connectivity index (χ0) is 13.8. The molecule has 102 valence electrons. The Morgan fingerprint density at radius 2 is 1.89 bits per heavy atom. The van der Waals surface area contributed by atoms with E-state index in [1.807, 2.05) is 6.07 Å². The molecule has 0 amide bonds. The maximum atomic E-state index is 5.89. The van der Waals surface area contributed by atoms with Crippen molar-refractivity contribution in [3.8, 4) is 0 Å². The average molecular weight is 251 g/mol. The predicted molar refractivity (Wildman–Crippen MR) is 74.3 cm³/mol. The van der Waals surface area contributed by atoms with Crippen molar-refractivity contribution in [3.05, 3.63) is 17.6 Å². The maximum absolute atomic E-state index is 5.89. The summed E-state index contributed by atoms with van der Waals surface area (Å²) in [4.78, 5) is 9.01. The molecule has 1 aromatic rings. The summed E-state index contributed by atoms with van der Waals surface area (Å²) in [5, 5.41) is 0. The fourth-order valence-corrected chi connectivity index (χ4v) is 2.19. The molecule has 0 saturated heterocycles. The Balaban J connectivity index is 3.18. The Kier molecular flexibility index (Phi) is 5.08. The molecular weight excluding hydrogens is 226 g/mol. The molecule has 0 fully saturated rings. The number of nitrogens with zero attached hydrogens (tertiary/aromatic N) is 2. The van der Waals surface area contributed by atoms with Gasteiger partial charge in [-0.25, -0.2) is 9.97 Å². The van der Waals surface area contributed by atoms with Crippen LogP contribution >= 0.6 is 0 Å². The number of nitrogens with two attached hydrogens (primary N) is 1. The summed E-state index contributed by atoms with van der Waals surface area (Å²) in [6.07, 6.45) is 2.59. The van der Waals surface area contributed by atoms with Gasteiger partial charge in [-0.15, -0.1) is 0 Å². The van der Waals surface area contributed by atoms with E-state index in [9.17, 15) is 0 Å². The van der Waals surface area contributed by atoms with Gasteiger partial charge in [-0.3, -0.25) is 0 Å². The summed E-state index contributed by atoms with van der Waals surface area (Å²) < 4.78 is 5.66. The molecule has 2 N–H and O–H groups in total. The van der Waals surface area contributed by atoms with Crippen LogP contribution in [0.3, 0.4) is 0 Å². The Bertz CT molecular complexity index is 378. The summed E-state index contributed by atoms with van der Waals surface area (Å²) in [5.41, 5.74) is 6.47. The van der Waals surface area contributed by atoms with Gasteiger partial charge in [0.25, 0.3) is 0 Å². The molecule has 1 aromatic heterocycles. The first kappa shape index (κ1) is 14.9. The summed E-state index contributed by atoms with van der Waals surface area (Å²) in [6.45, 7) is 8.51. The number of hydrogen-bond acceptors (Lipinski definition) is 4. The highest BCUT2D eigenvalue weighted by molar-refractivity contribution is 5.31. The Morgan fingerprint density at radius 1 is 1.28 bits per heavy atom. The van der Waals surface area contributed by atoms with Crippen LogP contribution in [-0.4, -0.2) is 17.1 Å². The maximum Gasteiger partial charge on any atom is 0.162 e. The fourth-order valence-electron chi connectivity index (χ4n) is 2.19. The number of ether oxygens (including phenoxy) is 1. The van der Waals surface area contributed by atoms with Crippen LogP contribution in [0.25, 0.3) is 0 Å². The molecule has 0 aromatic carbocycles. The van der Waals surface area contributed by atoms with E-state index >= 15 is 0 Å². The standard InChI is InChI=1S/C14H25N3O/c1-6-14(7-2,18-5)13-16-11(8-10(3)4)9-12(15)17-13/h9-10H,6-8H2,1-5H3,(H2,15,16,17). The fraction of sp³-hybridized carbons (Fsp3) is 0.714. The second kappa shape index (κ2) is 6.14. The van der Waals surface area contributed by atoms with Crippen molar-refractivity contribution >= 4 is 5.82 Å². The Labute approximate surface area is 110 Å². The molecule has 0 radical (unpaired) electrons. The molecule has 0 bridgehead atoms. The van der Waals surface area contributed by atoms with Gasteiger partial charge in [0.05, 0.1) is 0 Å². The summed E-state index contributed by atoms with van der Waals surface area (Å²) in [6, 6.07) is 1.86. The molecule has 0 unspecified atom stereocenters. The lowest BCUT2D eigenvalue weighted by Gasteiger charge is -2.29. The lowest BCUT2D eigenvalue weighted by Crippen LogP contribution is -2.30. The van der Waals surface area contributed by atoms with Crippen molar-refractivity contribution in [2.45, 2.75) is 52.6 Å². The van der Waals surface area contributed by atoms with E-state index in [2.05, 4.69) is 37.7 Å². The second-order valence-corrected chi connectivity index (χ2v) is 5.11. The highest BCUT2D eigenvalue weighted by atomic mass is 16.5. The number of methoxy groups -OCH3 is 1. The van der Waals surface area contributed by atoms with Crippen LogP contribution in [0.1, 0.15) is 52.1 Å². The molecule has 0 aliphatic carbocycles. The lowest BCUT2D eigenvalue weighted by molar-refractivity contribution is -0.0292. The first-order valence-corrected chi connectivity index (χ1v) is 6.66. The topological polar surface area (TPSA) is 61.0 Å². The molecule has 0 saturated carbocycles. The van der Waals surface area contributed by atoms with Crippen LogP contribution in [0, 0.1) is 5.92 Å². The van der Waals surface area contributed by atoms with Crippen LogP contribution in [0.5, 0.6) is 0 Å². The predicted octanol–water partition coefficient (Wildman–Crippen LogP) is 2.92. The van der Waals surface area contributed by atoms with Gasteiger partial charge < -0.3 is 10.5 Å². The minimum atomic E-state index is -0.416. The first-order chi connectivity index (χ1) is 8.47. The molecule has 0 spiro atoms. The number of nitrogen functional groups attached to an aromatic ring is 1. The third-order valence-electron chi connectivity index (χ3n) is 3.36. The van der Waals surface area contributed by atoms with Crippen molar-refractivity contribution in [1.29, 1.82) is 0 Å². The Hall–Kier alpha value is -1.16. The largest absolute Gasteiger partial charge is 0.384 e. The molecule has 18 heavy (non-hydrogen) atoms. The minimum absolute atomic E-state index is 0.416. The molecule has 4 nitrogen and oxygen atoms in total. The van der Waals surface area contributed by atoms with Crippen LogP contribution < -0.4 is 5.73 Å². The van der Waals surface area contributed by atoms with Crippen LogP contribution in [0.2, 0.25) is 0 Å². The van der Waals surface area contributed by atoms with Crippen LogP contribution in [0.4, 0.5) is 5.82 Å². The van der Waals surface area contributed by atoms with Crippen LogP contribution in [-0.2, 0) is 16.8 Å². The number of anilines is 1. The Morgan fingerprint density at radius 3 is 2.33 bits per heavy atom. The first-order valence-electron chi connectivity index (χ1n) is 6.66. The molecule has 1 rings (SSSR count). The van der Waals surface area contributed by atoms with Gasteiger partial charge in [0.2, 0.25) is 0 Å². The molecule has 4 heteroatoms. The number of hydrogen-bond donors (Lipinski definition) is 1. The van der Waals surface area contributed by atoms with Crippen molar-refractivity contribution in [3.63, 3.8) is 0 Å². The number of aromatic nitrogens is 2. The molecule has 1 heterocycles. The highest BCUT2D eigenvalue weighted by Crippen LogP contribution is 2.30. The zero-order valence-corrected chi connectivity index (χ0v) is 12.2. The van der Waals surface area contributed by atoms with Crippen molar-refractivity contribution in [1.82, 2.24) is 9.97 Å². The molecule has 0 atom stereocenters. The van der Waals surface area contributed by atoms with Gasteiger partial charge in [0, 0.05) is 18.9 Å². The van der Waals surface area contributed by atoms with E-state index in [0.717, 1.165) is 25.0 Å². The number of rotatable bonds is 6. The third kappa shape index (κ3) is 3.19. The van der Waals surface area contributed by atoms with Gasteiger partial charge >= 0.3 is 0 Å². The van der Waals surface area contributed by atoms with Gasteiger partial charge in [0.15, 0.2) is 5.82 Å².